The first-order valence-corrected chi connectivity index (χ1v) is 7.28. The molecule has 0 aromatic heterocycles. The fourth-order valence-corrected chi connectivity index (χ4v) is 2.45. The average molecular weight is 312 g/mol. The molecule has 1 aliphatic rings. The van der Waals surface area contributed by atoms with Gasteiger partial charge >= 0.3 is 5.51 Å². The Morgan fingerprint density at radius 3 is 2.40 bits per heavy atom. The highest BCUT2D eigenvalue weighted by Gasteiger charge is 2.38. The number of carbonyl (C=O) groups is 2. The molecule has 0 aliphatic carbocycles. The number of thioether (sulfide) groups is 1. The Labute approximate surface area is 120 Å². The third-order valence-electron chi connectivity index (χ3n) is 2.97. The van der Waals surface area contributed by atoms with E-state index in [1.165, 1.54) is 4.90 Å². The summed E-state index contributed by atoms with van der Waals surface area (Å²) >= 11 is -0.154. The Morgan fingerprint density at radius 1 is 1.30 bits per heavy atom. The zero-order valence-corrected chi connectivity index (χ0v) is 12.5. The number of hydrogen-bond acceptors (Lipinski definition) is 3. The zero-order valence-electron chi connectivity index (χ0n) is 11.7. The molecule has 1 unspecified atom stereocenters. The summed E-state index contributed by atoms with van der Waals surface area (Å²) in [5.74, 6) is -0.782. The minimum Gasteiger partial charge on any atom is -0.344 e. The summed E-state index contributed by atoms with van der Waals surface area (Å²) in [7, 11) is 0. The molecule has 1 heterocycles. The van der Waals surface area contributed by atoms with Crippen LogP contribution in [-0.4, -0.2) is 47.1 Å². The maximum absolute atomic E-state index is 12.3. The fourth-order valence-electron chi connectivity index (χ4n) is 1.90. The van der Waals surface area contributed by atoms with Gasteiger partial charge in [-0.05, 0) is 17.2 Å². The molecule has 1 atom stereocenters. The molecule has 1 aliphatic heterocycles. The van der Waals surface area contributed by atoms with Crippen LogP contribution in [-0.2, 0) is 9.59 Å². The minimum absolute atomic E-state index is 0.00938. The molecule has 0 radical (unpaired) electrons. The molecule has 0 saturated carbocycles. The Kier molecular flexibility index (Phi) is 5.34. The highest BCUT2D eigenvalue weighted by Crippen LogP contribution is 2.30. The zero-order chi connectivity index (χ0) is 15.6. The molecule has 2 amide bonds. The van der Waals surface area contributed by atoms with E-state index in [1.807, 2.05) is 20.8 Å². The summed E-state index contributed by atoms with van der Waals surface area (Å²) in [6, 6.07) is -0.701. The van der Waals surface area contributed by atoms with Crippen molar-refractivity contribution in [3.8, 4) is 0 Å². The van der Waals surface area contributed by atoms with Crippen LogP contribution in [0.3, 0.4) is 0 Å². The molecular weight excluding hydrogens is 293 g/mol. The lowest BCUT2D eigenvalue weighted by molar-refractivity contribution is -0.136. The van der Waals surface area contributed by atoms with Crippen molar-refractivity contribution in [1.82, 2.24) is 10.2 Å². The van der Waals surface area contributed by atoms with E-state index < -0.39 is 17.0 Å². The van der Waals surface area contributed by atoms with Gasteiger partial charge in [-0.25, -0.2) is 0 Å². The van der Waals surface area contributed by atoms with Gasteiger partial charge < -0.3 is 10.2 Å². The van der Waals surface area contributed by atoms with Crippen molar-refractivity contribution in [2.45, 2.75) is 38.7 Å². The quantitative estimate of drug-likeness (QED) is 0.867. The molecule has 1 saturated heterocycles. The number of nitrogens with zero attached hydrogens (tertiary/aromatic N) is 1. The third kappa shape index (κ3) is 5.22. The fraction of sp³-hybridized carbons (Fsp3) is 0.833. The van der Waals surface area contributed by atoms with Gasteiger partial charge in [-0.3, -0.25) is 9.59 Å². The standard InChI is InChI=1S/C12H19F3N2O2S/c1-11(2,3)9-10(19)17(5-4-8(18)16-9)6-7-20-12(13,14)15/h9H,4-7H2,1-3H3,(H,16,18). The third-order valence-corrected chi connectivity index (χ3v) is 3.68. The van der Waals surface area contributed by atoms with Crippen molar-refractivity contribution in [2.24, 2.45) is 5.41 Å². The highest BCUT2D eigenvalue weighted by molar-refractivity contribution is 8.00. The van der Waals surface area contributed by atoms with Crippen LogP contribution in [0.15, 0.2) is 0 Å². The summed E-state index contributed by atoms with van der Waals surface area (Å²) in [5, 5.41) is 2.65. The topological polar surface area (TPSA) is 49.4 Å². The molecule has 1 N–H and O–H groups in total. The van der Waals surface area contributed by atoms with E-state index in [-0.39, 0.29) is 48.8 Å². The number of amides is 2. The molecule has 0 spiro atoms. The van der Waals surface area contributed by atoms with E-state index in [1.54, 1.807) is 0 Å². The summed E-state index contributed by atoms with van der Waals surface area (Å²) in [6.45, 7) is 5.58. The predicted molar refractivity (Wildman–Crippen MR) is 71.1 cm³/mol. The van der Waals surface area contributed by atoms with Gasteiger partial charge in [0.15, 0.2) is 0 Å². The number of rotatable bonds is 3. The summed E-state index contributed by atoms with van der Waals surface area (Å²) < 4.78 is 36.3. The number of carbonyl (C=O) groups excluding carboxylic acids is 2. The molecular formula is C12H19F3N2O2S. The van der Waals surface area contributed by atoms with Gasteiger partial charge in [0.1, 0.15) is 6.04 Å². The van der Waals surface area contributed by atoms with Crippen LogP contribution in [0.5, 0.6) is 0 Å². The van der Waals surface area contributed by atoms with Gasteiger partial charge in [-0.1, -0.05) is 20.8 Å². The summed E-state index contributed by atoms with van der Waals surface area (Å²) in [4.78, 5) is 25.2. The molecule has 1 rings (SSSR count). The van der Waals surface area contributed by atoms with Crippen LogP contribution in [0.1, 0.15) is 27.2 Å². The predicted octanol–water partition coefficient (Wildman–Crippen LogP) is 2.00. The first kappa shape index (κ1) is 17.1. The lowest BCUT2D eigenvalue weighted by Crippen LogP contribution is -2.52. The van der Waals surface area contributed by atoms with Gasteiger partial charge in [0.25, 0.3) is 0 Å². The van der Waals surface area contributed by atoms with E-state index in [9.17, 15) is 22.8 Å². The van der Waals surface area contributed by atoms with Crippen molar-refractivity contribution in [1.29, 1.82) is 0 Å². The van der Waals surface area contributed by atoms with Gasteiger partial charge in [-0.15, -0.1) is 0 Å². The molecule has 1 fully saturated rings. The van der Waals surface area contributed by atoms with Crippen molar-refractivity contribution in [3.05, 3.63) is 0 Å². The van der Waals surface area contributed by atoms with Crippen LogP contribution in [0, 0.1) is 5.41 Å². The highest BCUT2D eigenvalue weighted by atomic mass is 32.2. The Bertz CT molecular complexity index is 380. The number of alkyl halides is 3. The van der Waals surface area contributed by atoms with Gasteiger partial charge in [0.05, 0.1) is 0 Å². The van der Waals surface area contributed by atoms with Crippen LogP contribution >= 0.6 is 11.8 Å². The molecule has 8 heteroatoms. The second-order valence-electron chi connectivity index (χ2n) is 5.74. The normalized spacial score (nSPS) is 21.7. The Balaban J connectivity index is 2.70. The van der Waals surface area contributed by atoms with Crippen LogP contribution in [0.2, 0.25) is 0 Å². The van der Waals surface area contributed by atoms with Crippen LogP contribution < -0.4 is 5.32 Å². The smallest absolute Gasteiger partial charge is 0.344 e. The Hall–Kier alpha value is -0.920. The first-order chi connectivity index (χ1) is 9.00. The second kappa shape index (κ2) is 6.24. The van der Waals surface area contributed by atoms with Crippen LogP contribution in [0.25, 0.3) is 0 Å². The molecule has 116 valence electrons. The van der Waals surface area contributed by atoms with E-state index in [0.29, 0.717) is 0 Å². The Morgan fingerprint density at radius 2 is 1.90 bits per heavy atom. The van der Waals surface area contributed by atoms with Crippen molar-refractivity contribution < 1.29 is 22.8 Å². The molecule has 0 aromatic carbocycles. The summed E-state index contributed by atoms with van der Waals surface area (Å²) in [5.41, 5.74) is -4.78. The molecule has 4 nitrogen and oxygen atoms in total. The lowest BCUT2D eigenvalue weighted by atomic mass is 9.86. The minimum atomic E-state index is -4.30. The second-order valence-corrected chi connectivity index (χ2v) is 6.90. The van der Waals surface area contributed by atoms with Crippen LogP contribution in [0.4, 0.5) is 13.2 Å². The van der Waals surface area contributed by atoms with Gasteiger partial charge in [-0.2, -0.15) is 13.2 Å². The van der Waals surface area contributed by atoms with Gasteiger partial charge in [0, 0.05) is 25.3 Å². The average Bonchev–Trinajstić information content (AvgIpc) is 2.39. The monoisotopic (exact) mass is 312 g/mol. The molecule has 20 heavy (non-hydrogen) atoms. The SMILES string of the molecule is CC(C)(C)C1NC(=O)CCN(CCSC(F)(F)F)C1=O. The number of hydrogen-bond donors (Lipinski definition) is 1. The number of halogens is 3. The van der Waals surface area contributed by atoms with E-state index in [2.05, 4.69) is 5.32 Å². The maximum Gasteiger partial charge on any atom is 0.441 e. The van der Waals surface area contributed by atoms with Crippen molar-refractivity contribution >= 4 is 23.6 Å². The lowest BCUT2D eigenvalue weighted by Gasteiger charge is -2.32. The largest absolute Gasteiger partial charge is 0.441 e. The van der Waals surface area contributed by atoms with Crippen molar-refractivity contribution in [3.63, 3.8) is 0 Å². The maximum atomic E-state index is 12.3. The van der Waals surface area contributed by atoms with Gasteiger partial charge in [0.2, 0.25) is 11.8 Å². The molecule has 0 aromatic rings. The number of nitrogens with one attached hydrogen (secondary N) is 1. The van der Waals surface area contributed by atoms with E-state index in [0.717, 1.165) is 0 Å². The van der Waals surface area contributed by atoms with E-state index >= 15 is 0 Å². The van der Waals surface area contributed by atoms with Crippen molar-refractivity contribution in [2.75, 3.05) is 18.8 Å². The van der Waals surface area contributed by atoms with E-state index in [4.69, 9.17) is 0 Å². The summed E-state index contributed by atoms with van der Waals surface area (Å²) in [6.07, 6.45) is 0.120. The first-order valence-electron chi connectivity index (χ1n) is 6.29. The molecule has 0 bridgehead atoms.